The van der Waals surface area contributed by atoms with Gasteiger partial charge in [0.05, 0.1) is 56.7 Å². The molecule has 7 N–H and O–H groups in total. The molecule has 4 aliphatic rings. The Morgan fingerprint density at radius 3 is 1.28 bits per heavy atom. The number of halogens is 13. The molecule has 2 heterocycles. The fraction of sp³-hybridized carbons (Fsp3) is 0.912. The number of ether oxygens (including phenoxy) is 8. The molecule has 2 saturated heterocycles. The molecule has 2 saturated carbocycles. The van der Waals surface area contributed by atoms with Gasteiger partial charge < -0.3 is 73.6 Å². The van der Waals surface area contributed by atoms with Gasteiger partial charge in [0.15, 0.2) is 17.5 Å². The SMILES string of the molecule is CCC(C)(C)C(=O)O.CCC(C)(C)C(=O)OC(C)CC(C)(O)C(F)(F)F.CCC(C)(C)C(=O)OC(CC(C)(O)C(F)F)C(F)(F)F.CCC(C)(C)C(=O)OC1(C)COC(O)(C(F)(F)F)C1(F)F.CCC(C)(C)C(=O)OC12CCCCC1OC(C)(O)C2.CCC(C)C(=O)OC(C1CCCC1)C(C)(C)O.CCC(C)C(=O)OCC(C)(C)O. The smallest absolute Gasteiger partial charge is 0.449 e. The van der Waals surface area contributed by atoms with Crippen molar-refractivity contribution in [3.63, 3.8) is 0 Å². The van der Waals surface area contributed by atoms with Crippen molar-refractivity contribution in [1.82, 2.24) is 0 Å². The van der Waals surface area contributed by atoms with Crippen molar-refractivity contribution in [3.8, 4) is 0 Å². The minimum atomic E-state index is -5.74. The zero-order valence-corrected chi connectivity index (χ0v) is 72.9. The molecule has 4 rings (SSSR count). The van der Waals surface area contributed by atoms with Crippen LogP contribution in [0.5, 0.6) is 0 Å². The van der Waals surface area contributed by atoms with E-state index in [0.29, 0.717) is 46.0 Å². The number of rotatable bonds is 28. The highest BCUT2D eigenvalue weighted by Crippen LogP contribution is 2.55. The summed E-state index contributed by atoms with van der Waals surface area (Å²) in [6.07, 6.45) is -12.7. The second-order valence-electron chi connectivity index (χ2n) is 35.9. The molecule has 2 aliphatic carbocycles. The first-order valence-electron chi connectivity index (χ1n) is 39.2. The highest BCUT2D eigenvalue weighted by molar-refractivity contribution is 5.78. The number of fused-ring (bicyclic) bond motifs is 1. The lowest BCUT2D eigenvalue weighted by molar-refractivity contribution is -0.409. The normalized spacial score (nSPS) is 23.8. The van der Waals surface area contributed by atoms with Crippen molar-refractivity contribution in [2.45, 2.75) is 410 Å². The number of aliphatic hydroxyl groups is 6. The Morgan fingerprint density at radius 2 is 0.930 bits per heavy atom. The van der Waals surface area contributed by atoms with E-state index in [0.717, 1.165) is 57.8 Å². The average Bonchev–Trinajstić information content (AvgIpc) is 1.56. The second-order valence-corrected chi connectivity index (χ2v) is 35.9. The molecule has 4 fully saturated rings. The number of carboxylic acid groups (broad SMARTS) is 1. The topological polar surface area (TPSA) is 335 Å². The van der Waals surface area contributed by atoms with E-state index in [1.807, 2.05) is 55.4 Å². The van der Waals surface area contributed by atoms with Gasteiger partial charge in [0.25, 0.3) is 6.43 Å². The summed E-state index contributed by atoms with van der Waals surface area (Å²) in [6.45, 7) is 42.8. The van der Waals surface area contributed by atoms with E-state index < -0.39 is 159 Å². The van der Waals surface area contributed by atoms with Crippen LogP contribution < -0.4 is 0 Å². The van der Waals surface area contributed by atoms with Crippen molar-refractivity contribution < 1.29 is 164 Å². The highest BCUT2D eigenvalue weighted by Gasteiger charge is 2.83. The van der Waals surface area contributed by atoms with E-state index in [1.165, 1.54) is 47.5 Å². The number of hydrogen-bond donors (Lipinski definition) is 7. The molecule has 12 atom stereocenters. The van der Waals surface area contributed by atoms with Crippen molar-refractivity contribution >= 4 is 41.8 Å². The number of carbonyl (C=O) groups excluding carboxylic acids is 6. The largest absolute Gasteiger partial charge is 0.481 e. The Labute approximate surface area is 671 Å². The van der Waals surface area contributed by atoms with Gasteiger partial charge in [0.1, 0.15) is 36.1 Å². The summed E-state index contributed by atoms with van der Waals surface area (Å²) < 4.78 is 206. The molecule has 0 amide bonds. The molecule has 35 heteroatoms. The van der Waals surface area contributed by atoms with Crippen molar-refractivity contribution in [2.24, 2.45) is 44.8 Å². The molecular weight excluding hydrogens is 1560 g/mol. The van der Waals surface area contributed by atoms with Gasteiger partial charge in [-0.15, -0.1) is 0 Å². The summed E-state index contributed by atoms with van der Waals surface area (Å²) in [5.41, 5.74) is -15.2. The number of carboxylic acids is 1. The maximum Gasteiger partial charge on any atom is 0.449 e. The van der Waals surface area contributed by atoms with E-state index in [1.54, 1.807) is 83.1 Å². The Hall–Kier alpha value is -4.94. The number of alkyl halides is 13. The first-order chi connectivity index (χ1) is 51.2. The van der Waals surface area contributed by atoms with Crippen molar-refractivity contribution in [3.05, 3.63) is 0 Å². The molecule has 0 spiro atoms. The van der Waals surface area contributed by atoms with Crippen molar-refractivity contribution in [2.75, 3.05) is 13.2 Å². The standard InChI is InChI=1S/C15H26O4.C14H26O3.C12H17F5O4.C12H19F5O3.C12H21F3O3.C9H18O3.C6H12O2/c1-5-13(2,3)12(16)19-15-9-7-6-8-11(15)18-14(4,17)10-15;1-5-10(2)13(15)17-12(14(3,4)16)11-8-6-7-9-11;1-5-8(2,3)7(18)21-9(4)6-20-11(19,10(9,13)14)12(15,16)17;1-5-10(2,3)9(18)20-7(12(15,16)17)6-11(4,19)8(13)14;1-6-10(3,4)9(16)18-8(2)7-11(5,17)12(13,14)15;1-5-7(2)8(10)12-6-9(3,4)11;1-4-6(2,3)5(7)8/h11,17H,5-10H2,1-4H3;10-12,16H,5-9H2,1-4H3;19H,5-6H2,1-4H3;7-8,19H,5-6H2,1-4H3;8,17H,6-7H2,1-5H3;7,11H,5-6H2,1-4H3;4H2,1-3H3,(H,7,8). The summed E-state index contributed by atoms with van der Waals surface area (Å²) in [7, 11) is 0. The van der Waals surface area contributed by atoms with E-state index in [-0.39, 0.29) is 61.4 Å². The Morgan fingerprint density at radius 1 is 0.530 bits per heavy atom. The minimum absolute atomic E-state index is 0.0656. The number of aliphatic carboxylic acids is 1. The van der Waals surface area contributed by atoms with Crippen molar-refractivity contribution in [1.29, 1.82) is 0 Å². The molecule has 0 bridgehead atoms. The van der Waals surface area contributed by atoms with Gasteiger partial charge in [-0.1, -0.05) is 81.6 Å². The molecule has 0 aromatic rings. The summed E-state index contributed by atoms with van der Waals surface area (Å²) in [6, 6.07) is 0. The lowest BCUT2D eigenvalue weighted by Crippen LogP contribution is -2.63. The Bertz CT molecular complexity index is 3000. The van der Waals surface area contributed by atoms with E-state index in [2.05, 4.69) is 14.2 Å². The molecule has 2 aliphatic heterocycles. The molecular formula is C80H139F13O22. The van der Waals surface area contributed by atoms with Gasteiger partial charge in [-0.3, -0.25) is 33.6 Å². The van der Waals surface area contributed by atoms with Crippen LogP contribution in [0, 0.1) is 44.8 Å². The predicted octanol–water partition coefficient (Wildman–Crippen LogP) is 17.5. The third kappa shape index (κ3) is 35.7. The zero-order valence-electron chi connectivity index (χ0n) is 72.9. The van der Waals surface area contributed by atoms with Gasteiger partial charge >= 0.3 is 72.0 Å². The van der Waals surface area contributed by atoms with Crippen LogP contribution in [0.1, 0.15) is 309 Å². The highest BCUT2D eigenvalue weighted by atomic mass is 19.4. The molecule has 0 radical (unpaired) electrons. The summed E-state index contributed by atoms with van der Waals surface area (Å²) in [4.78, 5) is 80.7. The molecule has 682 valence electrons. The van der Waals surface area contributed by atoms with Gasteiger partial charge in [0, 0.05) is 19.3 Å². The van der Waals surface area contributed by atoms with Crippen LogP contribution in [-0.4, -0.2) is 191 Å². The quantitative estimate of drug-likeness (QED) is 0.0217. The van der Waals surface area contributed by atoms with Gasteiger partial charge in [0.2, 0.25) is 5.60 Å². The Kier molecular flexibility index (Phi) is 43.7. The second kappa shape index (κ2) is 44.0. The summed E-state index contributed by atoms with van der Waals surface area (Å²) in [5, 5.41) is 65.7. The van der Waals surface area contributed by atoms with Crippen LogP contribution in [0.3, 0.4) is 0 Å². The number of hydrogen-bond acceptors (Lipinski definition) is 21. The third-order valence-electron chi connectivity index (χ3n) is 21.4. The first-order valence-corrected chi connectivity index (χ1v) is 39.2. The molecule has 12 unspecified atom stereocenters. The first kappa shape index (κ1) is 114. The summed E-state index contributed by atoms with van der Waals surface area (Å²) in [5.74, 6) is -14.7. The molecule has 0 aromatic heterocycles. The van der Waals surface area contributed by atoms with Gasteiger partial charge in [-0.2, -0.15) is 48.3 Å². The summed E-state index contributed by atoms with van der Waals surface area (Å²) >= 11 is 0. The minimum Gasteiger partial charge on any atom is -0.481 e. The van der Waals surface area contributed by atoms with Crippen LogP contribution in [0.25, 0.3) is 0 Å². The van der Waals surface area contributed by atoms with Crippen LogP contribution >= 0.6 is 0 Å². The van der Waals surface area contributed by atoms with E-state index in [4.69, 9.17) is 28.8 Å². The molecule has 115 heavy (non-hydrogen) atoms. The molecule has 22 nitrogen and oxygen atoms in total. The van der Waals surface area contributed by atoms with Gasteiger partial charge in [-0.25, -0.2) is 8.78 Å². The third-order valence-corrected chi connectivity index (χ3v) is 21.4. The maximum absolute atomic E-state index is 14.0. The number of carbonyl (C=O) groups is 7. The lowest BCUT2D eigenvalue weighted by atomic mass is 9.79. The fourth-order valence-corrected chi connectivity index (χ4v) is 10.2. The van der Waals surface area contributed by atoms with E-state index >= 15 is 0 Å². The predicted molar refractivity (Wildman–Crippen MR) is 400 cm³/mol. The maximum atomic E-state index is 14.0. The average molecular weight is 1700 g/mol. The van der Waals surface area contributed by atoms with E-state index in [9.17, 15) is 121 Å². The van der Waals surface area contributed by atoms with Gasteiger partial charge in [-0.05, 0) is 215 Å². The van der Waals surface area contributed by atoms with Crippen LogP contribution in [0.2, 0.25) is 0 Å². The lowest BCUT2D eigenvalue weighted by Gasteiger charge is -2.39. The van der Waals surface area contributed by atoms with Crippen LogP contribution in [0.15, 0.2) is 0 Å². The molecule has 0 aromatic carbocycles. The Balaban J connectivity index is -0.00000129. The zero-order chi connectivity index (χ0) is 92.0. The van der Waals surface area contributed by atoms with Crippen LogP contribution in [-0.2, 0) is 71.5 Å². The fourth-order valence-electron chi connectivity index (χ4n) is 10.2. The van der Waals surface area contributed by atoms with Crippen LogP contribution in [0.4, 0.5) is 57.1 Å². The number of esters is 6. The monoisotopic (exact) mass is 1700 g/mol.